The maximum atomic E-state index is 12.9. The van der Waals surface area contributed by atoms with Crippen molar-refractivity contribution in [1.29, 1.82) is 0 Å². The van der Waals surface area contributed by atoms with Crippen molar-refractivity contribution in [3.63, 3.8) is 0 Å². The van der Waals surface area contributed by atoms with Gasteiger partial charge in [0.2, 0.25) is 12.2 Å². The van der Waals surface area contributed by atoms with Crippen molar-refractivity contribution in [3.05, 3.63) is 23.7 Å². The number of amides is 1. The van der Waals surface area contributed by atoms with E-state index in [1.165, 1.54) is 0 Å². The molecular weight excluding hydrogens is 622 g/mol. The second kappa shape index (κ2) is 18.8. The van der Waals surface area contributed by atoms with Gasteiger partial charge in [0.25, 0.3) is 0 Å². The van der Waals surface area contributed by atoms with Gasteiger partial charge in [-0.3, -0.25) is 9.79 Å². The normalized spacial score (nSPS) is 35.0. The first-order chi connectivity index (χ1) is 22.4. The third kappa shape index (κ3) is 10.9. The maximum Gasteiger partial charge on any atom is 0.249 e. The monoisotopic (exact) mass is 675 g/mol. The highest BCUT2D eigenvalue weighted by Crippen LogP contribution is 2.31. The summed E-state index contributed by atoms with van der Waals surface area (Å²) in [7, 11) is 1.58. The van der Waals surface area contributed by atoms with Gasteiger partial charge in [-0.2, -0.15) is 0 Å². The van der Waals surface area contributed by atoms with Gasteiger partial charge < -0.3 is 89.1 Å². The molecule has 3 rings (SSSR count). The van der Waals surface area contributed by atoms with E-state index in [-0.39, 0.29) is 38.5 Å². The number of hydrogen-bond acceptors (Lipinski definition) is 16. The Morgan fingerprint density at radius 1 is 1.13 bits per heavy atom. The van der Waals surface area contributed by atoms with Crippen molar-refractivity contribution in [2.45, 2.75) is 99.1 Å². The number of nitrogens with one attached hydrogen (secondary N) is 3. The quantitative estimate of drug-likeness (QED) is 0.0412. The molecule has 1 aliphatic carbocycles. The summed E-state index contributed by atoms with van der Waals surface area (Å²) in [5.41, 5.74) is 29.3. The minimum absolute atomic E-state index is 0.00430. The molecule has 0 radical (unpaired) electrons. The molecule has 0 bridgehead atoms. The molecular formula is C28H53N9O10. The van der Waals surface area contributed by atoms with Gasteiger partial charge in [0.1, 0.15) is 36.3 Å². The highest BCUT2D eigenvalue weighted by Gasteiger charge is 2.49. The summed E-state index contributed by atoms with van der Waals surface area (Å²) >= 11 is 0. The fraction of sp³-hybridized carbons (Fsp3) is 0.786. The summed E-state index contributed by atoms with van der Waals surface area (Å²) in [4.78, 5) is 16.7. The number of ether oxygens (including phenoxy) is 4. The molecule has 0 spiro atoms. The zero-order valence-corrected chi connectivity index (χ0v) is 26.6. The molecule has 1 saturated heterocycles. The third-order valence-electron chi connectivity index (χ3n) is 8.25. The van der Waals surface area contributed by atoms with Crippen LogP contribution < -0.4 is 44.6 Å². The lowest BCUT2D eigenvalue weighted by Crippen LogP contribution is -2.67. The molecule has 18 N–H and O–H groups in total. The average Bonchev–Trinajstić information content (AvgIpc) is 3.02. The Hall–Kier alpha value is -2.66. The molecule has 2 fully saturated rings. The molecule has 2 heterocycles. The molecule has 1 amide bonds. The number of nitrogens with two attached hydrogens (primary N) is 5. The van der Waals surface area contributed by atoms with Gasteiger partial charge in [0.15, 0.2) is 12.2 Å². The molecule has 1 saturated carbocycles. The largest absolute Gasteiger partial charge is 0.515 e. The summed E-state index contributed by atoms with van der Waals surface area (Å²) in [5.74, 6) is -0.452. The van der Waals surface area contributed by atoms with Crippen molar-refractivity contribution in [2.24, 2.45) is 33.7 Å². The van der Waals surface area contributed by atoms with E-state index >= 15 is 0 Å². The lowest BCUT2D eigenvalue weighted by Gasteiger charge is -2.47. The lowest BCUT2D eigenvalue weighted by atomic mass is 9.83. The molecule has 2 aliphatic heterocycles. The highest BCUT2D eigenvalue weighted by molar-refractivity contribution is 5.81. The van der Waals surface area contributed by atoms with Gasteiger partial charge in [0, 0.05) is 31.1 Å². The molecule has 270 valence electrons. The first kappa shape index (κ1) is 38.8. The number of carbonyl (C=O) groups excluding carboxylic acids is 1. The Bertz CT molecular complexity index is 1080. The number of nitrogens with zero attached hydrogens (tertiary/aromatic N) is 1. The van der Waals surface area contributed by atoms with E-state index in [1.807, 2.05) is 0 Å². The molecule has 19 nitrogen and oxygen atoms in total. The Morgan fingerprint density at radius 2 is 1.85 bits per heavy atom. The van der Waals surface area contributed by atoms with Crippen LogP contribution in [0.3, 0.4) is 0 Å². The van der Waals surface area contributed by atoms with Gasteiger partial charge in [-0.15, -0.1) is 0 Å². The van der Waals surface area contributed by atoms with Crippen LogP contribution in [0.5, 0.6) is 0 Å². The van der Waals surface area contributed by atoms with Gasteiger partial charge >= 0.3 is 0 Å². The van der Waals surface area contributed by atoms with Crippen molar-refractivity contribution in [2.75, 3.05) is 39.8 Å². The number of hydrogen-bond donors (Lipinski definition) is 13. The predicted molar refractivity (Wildman–Crippen MR) is 169 cm³/mol. The van der Waals surface area contributed by atoms with Crippen LogP contribution >= 0.6 is 0 Å². The van der Waals surface area contributed by atoms with Crippen molar-refractivity contribution in [1.82, 2.24) is 16.0 Å². The molecule has 47 heavy (non-hydrogen) atoms. The van der Waals surface area contributed by atoms with Crippen LogP contribution in [0, 0.1) is 0 Å². The topological polar surface area (TPSA) is 334 Å². The van der Waals surface area contributed by atoms with Crippen molar-refractivity contribution < 1.29 is 49.3 Å². The summed E-state index contributed by atoms with van der Waals surface area (Å²) in [5, 5.41) is 61.2. The number of rotatable bonds is 16. The summed E-state index contributed by atoms with van der Waals surface area (Å²) in [6.07, 6.45) is -6.20. The maximum absolute atomic E-state index is 12.9. The van der Waals surface area contributed by atoms with Crippen LogP contribution in [-0.2, 0) is 23.7 Å². The first-order valence-electron chi connectivity index (χ1n) is 15.7. The molecule has 12 atom stereocenters. The van der Waals surface area contributed by atoms with Crippen LogP contribution in [0.1, 0.15) is 25.7 Å². The number of guanidine groups is 1. The van der Waals surface area contributed by atoms with E-state index in [9.17, 15) is 30.3 Å². The number of aliphatic imine (C=N–C) groups is 1. The zero-order valence-electron chi connectivity index (χ0n) is 26.6. The van der Waals surface area contributed by atoms with E-state index in [4.69, 9.17) is 47.6 Å². The van der Waals surface area contributed by atoms with Crippen LogP contribution in [0.25, 0.3) is 0 Å². The van der Waals surface area contributed by atoms with Crippen LogP contribution in [0.4, 0.5) is 0 Å². The molecule has 0 aromatic heterocycles. The second-order valence-electron chi connectivity index (χ2n) is 11.9. The van der Waals surface area contributed by atoms with E-state index < -0.39 is 79.3 Å². The molecule has 0 aromatic carbocycles. The smallest absolute Gasteiger partial charge is 0.249 e. The molecule has 19 heteroatoms. The van der Waals surface area contributed by atoms with Crippen molar-refractivity contribution >= 4 is 11.9 Å². The first-order valence-corrected chi connectivity index (χ1v) is 15.7. The van der Waals surface area contributed by atoms with E-state index in [2.05, 4.69) is 20.9 Å². The number of carbonyl (C=O) groups is 1. The number of aliphatic hydroxyl groups is 5. The Labute approximate surface area is 273 Å². The standard InChI is InChI=1S/C28H53N9O10/c1-34-20-13(11-38)12-44-27(21(20)41)47-24-18(37-25(43)19(40)5-7-36-28(32)33)8-17(31)23(22(24)42)46-26-16(30)3-2-15(45-26)10-35-9-14(39)4-6-29/h2,11,14,16-24,26-27,34-35,38-42H,3-10,12,29-31H2,1H3,(H,37,43)(H4,32,33,36)/b13-11-/t14?,16-,17+,18-,19+,20+,21-,22+,23?,24+,26-,27-/m1/s1. The van der Waals surface area contributed by atoms with Gasteiger partial charge in [-0.05, 0) is 38.9 Å². The third-order valence-corrected chi connectivity index (χ3v) is 8.25. The number of likely N-dealkylation sites (N-methyl/N-ethyl adjacent to an activating group) is 1. The minimum Gasteiger partial charge on any atom is -0.515 e. The minimum atomic E-state index is -1.50. The average molecular weight is 676 g/mol. The summed E-state index contributed by atoms with van der Waals surface area (Å²) < 4.78 is 23.9. The Balaban J connectivity index is 1.75. The predicted octanol–water partition coefficient (Wildman–Crippen LogP) is -5.64. The molecule has 2 unspecified atom stereocenters. The van der Waals surface area contributed by atoms with E-state index in [0.717, 1.165) is 6.26 Å². The zero-order chi connectivity index (χ0) is 34.7. The molecule has 3 aliphatic rings. The van der Waals surface area contributed by atoms with Crippen LogP contribution in [0.15, 0.2) is 28.7 Å². The highest BCUT2D eigenvalue weighted by atomic mass is 16.7. The van der Waals surface area contributed by atoms with Crippen molar-refractivity contribution in [3.8, 4) is 0 Å². The number of aliphatic hydroxyl groups excluding tert-OH is 5. The summed E-state index contributed by atoms with van der Waals surface area (Å²) in [6, 6.07) is -3.18. The van der Waals surface area contributed by atoms with Crippen LogP contribution in [0.2, 0.25) is 0 Å². The van der Waals surface area contributed by atoms with Crippen LogP contribution in [-0.4, -0.2) is 151 Å². The van der Waals surface area contributed by atoms with Gasteiger partial charge in [-0.1, -0.05) is 0 Å². The second-order valence-corrected chi connectivity index (χ2v) is 11.9. The van der Waals surface area contributed by atoms with E-state index in [0.29, 0.717) is 37.3 Å². The Kier molecular flexibility index (Phi) is 15.5. The Morgan fingerprint density at radius 3 is 2.51 bits per heavy atom. The lowest BCUT2D eigenvalue weighted by molar-refractivity contribution is -0.275. The molecule has 0 aromatic rings. The summed E-state index contributed by atoms with van der Waals surface area (Å²) in [6.45, 7) is 0.844. The van der Waals surface area contributed by atoms with Gasteiger partial charge in [-0.25, -0.2) is 0 Å². The van der Waals surface area contributed by atoms with Gasteiger partial charge in [0.05, 0.1) is 43.6 Å². The fourth-order valence-electron chi connectivity index (χ4n) is 5.67. The fourth-order valence-corrected chi connectivity index (χ4v) is 5.67. The van der Waals surface area contributed by atoms with E-state index in [1.54, 1.807) is 13.1 Å². The SMILES string of the molecule is CN[C@H]1/C(=C\O)CO[C@H](O[C@H]2[C@H](NC(=O)[C@@H](O)CCN=C(N)N)C[C@H](N)C(O[C@H]3OC(CNCC(O)CCN)=CC[C@H]3N)[C@@H]2O)[C@@H]1O.